The molecule has 1 saturated carbocycles. The second kappa shape index (κ2) is 9.28. The molecule has 0 N–H and O–H groups in total. The van der Waals surface area contributed by atoms with Crippen molar-refractivity contribution in [1.82, 2.24) is 4.90 Å². The van der Waals surface area contributed by atoms with Crippen LogP contribution in [0, 0.1) is 21.8 Å². The van der Waals surface area contributed by atoms with Crippen LogP contribution in [-0.2, 0) is 13.1 Å². The summed E-state index contributed by atoms with van der Waals surface area (Å²) in [4.78, 5) is 13.8. The molecule has 0 saturated heterocycles. The Hall–Kier alpha value is -1.99. The zero-order valence-corrected chi connectivity index (χ0v) is 16.3. The highest BCUT2D eigenvalue weighted by molar-refractivity contribution is 7.15. The minimum Gasteiger partial charge on any atom is -0.497 e. The minimum atomic E-state index is -0.350. The summed E-state index contributed by atoms with van der Waals surface area (Å²) >= 11 is 1.21. The van der Waals surface area contributed by atoms with Crippen molar-refractivity contribution in [3.8, 4) is 5.75 Å². The Labute approximate surface area is 162 Å². The molecule has 146 valence electrons. The molecular weight excluding hydrogens is 367 g/mol. The van der Waals surface area contributed by atoms with Crippen molar-refractivity contribution in [2.45, 2.75) is 45.2 Å². The fourth-order valence-corrected chi connectivity index (χ4v) is 4.64. The summed E-state index contributed by atoms with van der Waals surface area (Å²) in [5.74, 6) is 0.826. The Kier molecular flexibility index (Phi) is 6.79. The lowest BCUT2D eigenvalue weighted by Gasteiger charge is -2.29. The zero-order chi connectivity index (χ0) is 19.2. The number of hydrogen-bond donors (Lipinski definition) is 0. The molecule has 0 radical (unpaired) electrons. The number of halogens is 1. The topological polar surface area (TPSA) is 55.6 Å². The molecule has 0 amide bonds. The van der Waals surface area contributed by atoms with Gasteiger partial charge in [-0.1, -0.05) is 30.6 Å². The van der Waals surface area contributed by atoms with Crippen LogP contribution < -0.4 is 4.74 Å². The van der Waals surface area contributed by atoms with Crippen molar-refractivity contribution in [2.75, 3.05) is 13.7 Å². The lowest BCUT2D eigenvalue weighted by Crippen LogP contribution is -2.29. The van der Waals surface area contributed by atoms with Crippen LogP contribution >= 0.6 is 11.3 Å². The highest BCUT2D eigenvalue weighted by atomic mass is 32.1. The van der Waals surface area contributed by atoms with Crippen molar-refractivity contribution in [2.24, 2.45) is 5.92 Å². The molecular formula is C20H25FN2O3S. The molecule has 0 aliphatic heterocycles. The normalized spacial score (nSPS) is 15.2. The van der Waals surface area contributed by atoms with E-state index in [0.717, 1.165) is 17.0 Å². The molecule has 5 nitrogen and oxygen atoms in total. The number of ether oxygens (including phenoxy) is 1. The van der Waals surface area contributed by atoms with Gasteiger partial charge in [0.1, 0.15) is 11.6 Å². The molecule has 27 heavy (non-hydrogen) atoms. The van der Waals surface area contributed by atoms with E-state index >= 15 is 0 Å². The van der Waals surface area contributed by atoms with Crippen molar-refractivity contribution in [3.05, 3.63) is 56.7 Å². The van der Waals surface area contributed by atoms with Gasteiger partial charge in [0.05, 0.1) is 12.0 Å². The highest BCUT2D eigenvalue weighted by Gasteiger charge is 2.20. The lowest BCUT2D eigenvalue weighted by molar-refractivity contribution is -0.380. The predicted molar refractivity (Wildman–Crippen MR) is 105 cm³/mol. The van der Waals surface area contributed by atoms with Crippen LogP contribution in [0.2, 0.25) is 0 Å². The maximum atomic E-state index is 13.9. The van der Waals surface area contributed by atoms with E-state index in [2.05, 4.69) is 4.90 Å². The minimum absolute atomic E-state index is 0.162. The van der Waals surface area contributed by atoms with Crippen LogP contribution in [0.1, 0.15) is 42.5 Å². The van der Waals surface area contributed by atoms with E-state index in [4.69, 9.17) is 4.74 Å². The largest absolute Gasteiger partial charge is 0.497 e. The Morgan fingerprint density at radius 2 is 2.00 bits per heavy atom. The highest BCUT2D eigenvalue weighted by Crippen LogP contribution is 2.29. The van der Waals surface area contributed by atoms with Crippen LogP contribution in [0.4, 0.5) is 9.39 Å². The average Bonchev–Trinajstić information content (AvgIpc) is 3.11. The Morgan fingerprint density at radius 3 is 2.67 bits per heavy atom. The van der Waals surface area contributed by atoms with E-state index in [1.54, 1.807) is 6.07 Å². The van der Waals surface area contributed by atoms with Gasteiger partial charge in [0.25, 0.3) is 0 Å². The molecule has 0 unspecified atom stereocenters. The molecule has 1 aliphatic carbocycles. The number of rotatable bonds is 8. The summed E-state index contributed by atoms with van der Waals surface area (Å²) in [5.41, 5.74) is 0.855. The van der Waals surface area contributed by atoms with Gasteiger partial charge in [0.15, 0.2) is 0 Å². The lowest BCUT2D eigenvalue weighted by atomic mass is 9.89. The Balaban J connectivity index is 1.75. The quantitative estimate of drug-likeness (QED) is 0.447. The first-order valence-electron chi connectivity index (χ1n) is 9.32. The second-order valence-electron chi connectivity index (χ2n) is 7.17. The van der Waals surface area contributed by atoms with Crippen molar-refractivity contribution >= 4 is 16.3 Å². The van der Waals surface area contributed by atoms with Gasteiger partial charge in [-0.2, -0.15) is 0 Å². The average molecular weight is 392 g/mol. The van der Waals surface area contributed by atoms with Crippen molar-refractivity contribution in [3.63, 3.8) is 0 Å². The number of benzene rings is 1. The summed E-state index contributed by atoms with van der Waals surface area (Å²) in [6.45, 7) is 2.15. The van der Waals surface area contributed by atoms with E-state index in [0.29, 0.717) is 24.8 Å². The Morgan fingerprint density at radius 1 is 1.22 bits per heavy atom. The third kappa shape index (κ3) is 5.74. The van der Waals surface area contributed by atoms with Crippen LogP contribution in [0.5, 0.6) is 5.75 Å². The molecule has 0 spiro atoms. The summed E-state index contributed by atoms with van der Waals surface area (Å²) in [6.07, 6.45) is 6.25. The molecule has 1 aliphatic rings. The number of hydrogen-bond acceptors (Lipinski definition) is 5. The fourth-order valence-electron chi connectivity index (χ4n) is 3.78. The third-order valence-corrected chi connectivity index (χ3v) is 6.04. The SMILES string of the molecule is COc1cc(F)cc(CN(Cc2ccc([N+](=O)[O-])s2)CC2CCCCC2)c1. The van der Waals surface area contributed by atoms with Gasteiger partial charge >= 0.3 is 5.00 Å². The van der Waals surface area contributed by atoms with Gasteiger partial charge < -0.3 is 4.74 Å². The maximum absolute atomic E-state index is 13.9. The number of nitrogens with zero attached hydrogens (tertiary/aromatic N) is 2. The molecule has 2 aromatic rings. The molecule has 1 aromatic carbocycles. The molecule has 0 bridgehead atoms. The summed E-state index contributed by atoms with van der Waals surface area (Å²) < 4.78 is 19.1. The van der Waals surface area contributed by atoms with Gasteiger partial charge in [0.2, 0.25) is 0 Å². The predicted octanol–water partition coefficient (Wildman–Crippen LogP) is 5.39. The second-order valence-corrected chi connectivity index (χ2v) is 8.32. The summed E-state index contributed by atoms with van der Waals surface area (Å²) in [6, 6.07) is 8.14. The third-order valence-electron chi connectivity index (χ3n) is 5.02. The van der Waals surface area contributed by atoms with Crippen LogP contribution in [0.3, 0.4) is 0 Å². The standard InChI is InChI=1S/C20H25FN2O3S/c1-26-18-10-16(9-17(21)11-18)13-22(12-15-5-3-2-4-6-15)14-19-7-8-20(27-19)23(24)25/h7-11,15H,2-6,12-14H2,1H3. The molecule has 7 heteroatoms. The molecule has 1 aromatic heterocycles. The summed E-state index contributed by atoms with van der Waals surface area (Å²) in [5, 5.41) is 11.1. The van der Waals surface area contributed by atoms with Gasteiger partial charge in [-0.25, -0.2) is 4.39 Å². The van der Waals surface area contributed by atoms with Crippen molar-refractivity contribution in [1.29, 1.82) is 0 Å². The van der Waals surface area contributed by atoms with Gasteiger partial charge in [-0.15, -0.1) is 0 Å². The molecule has 0 atom stereocenters. The monoisotopic (exact) mass is 392 g/mol. The van der Waals surface area contributed by atoms with E-state index in [1.165, 1.54) is 62.7 Å². The summed E-state index contributed by atoms with van der Waals surface area (Å²) in [7, 11) is 1.53. The number of thiophene rings is 1. The van der Waals surface area contributed by atoms with Gasteiger partial charge in [-0.05, 0) is 42.5 Å². The first-order valence-corrected chi connectivity index (χ1v) is 10.1. The van der Waals surface area contributed by atoms with E-state index < -0.39 is 0 Å². The van der Waals surface area contributed by atoms with Gasteiger partial charge in [-0.3, -0.25) is 15.0 Å². The fraction of sp³-hybridized carbons (Fsp3) is 0.500. The van der Waals surface area contributed by atoms with Crippen molar-refractivity contribution < 1.29 is 14.1 Å². The zero-order valence-electron chi connectivity index (χ0n) is 15.5. The first-order chi connectivity index (χ1) is 13.0. The van der Waals surface area contributed by atoms with E-state index in [1.807, 2.05) is 12.1 Å². The molecule has 3 rings (SSSR count). The Bertz CT molecular complexity index is 774. The maximum Gasteiger partial charge on any atom is 0.324 e. The van der Waals surface area contributed by atoms with Crippen LogP contribution in [0.25, 0.3) is 0 Å². The molecule has 1 heterocycles. The smallest absolute Gasteiger partial charge is 0.324 e. The first kappa shape index (κ1) is 19.8. The van der Waals surface area contributed by atoms with Crippen LogP contribution in [-0.4, -0.2) is 23.5 Å². The van der Waals surface area contributed by atoms with Gasteiger partial charge in [0, 0.05) is 36.6 Å². The van der Waals surface area contributed by atoms with E-state index in [-0.39, 0.29) is 15.7 Å². The number of methoxy groups -OCH3 is 1. The number of nitro groups is 1. The van der Waals surface area contributed by atoms with Crippen LogP contribution in [0.15, 0.2) is 30.3 Å². The van der Waals surface area contributed by atoms with E-state index in [9.17, 15) is 14.5 Å². The molecule has 1 fully saturated rings.